The van der Waals surface area contributed by atoms with Crippen molar-refractivity contribution in [2.45, 2.75) is 25.3 Å². The van der Waals surface area contributed by atoms with Gasteiger partial charge in [-0.25, -0.2) is 8.78 Å². The zero-order valence-corrected chi connectivity index (χ0v) is 23.3. The molecule has 194 valence electrons. The third-order valence-electron chi connectivity index (χ3n) is 6.93. The second-order valence-electron chi connectivity index (χ2n) is 9.27. The number of hydrogen-bond acceptors (Lipinski definition) is 3. The fourth-order valence-corrected chi connectivity index (χ4v) is 7.32. The van der Waals surface area contributed by atoms with E-state index in [9.17, 15) is 8.78 Å². The second-order valence-corrected chi connectivity index (χ2v) is 11.4. The Morgan fingerprint density at radius 3 is 2.03 bits per heavy atom. The molecule has 0 aliphatic carbocycles. The van der Waals surface area contributed by atoms with Crippen molar-refractivity contribution in [2.24, 2.45) is 0 Å². The van der Waals surface area contributed by atoms with Crippen LogP contribution < -0.4 is 9.47 Å². The number of rotatable bonds is 6. The van der Waals surface area contributed by atoms with E-state index in [2.05, 4.69) is 77.9 Å². The van der Waals surface area contributed by atoms with E-state index in [0.717, 1.165) is 35.3 Å². The molecule has 0 amide bonds. The van der Waals surface area contributed by atoms with Crippen LogP contribution in [0.1, 0.15) is 18.9 Å². The SMILES string of the molecule is CCN1C(=CC=Cc2sc3cc(-c4ccc(F)cc4)ccc3[n+]2CC)Sc2cc(-c3ccc(F)cc3)ccc21. The summed E-state index contributed by atoms with van der Waals surface area (Å²) in [6, 6.07) is 26.2. The Kier molecular flexibility index (Phi) is 7.07. The first-order valence-electron chi connectivity index (χ1n) is 13.0. The van der Waals surface area contributed by atoms with E-state index in [4.69, 9.17) is 0 Å². The van der Waals surface area contributed by atoms with Gasteiger partial charge in [-0.1, -0.05) is 59.5 Å². The zero-order valence-electron chi connectivity index (χ0n) is 21.7. The minimum atomic E-state index is -0.222. The second kappa shape index (κ2) is 10.8. The number of halogens is 2. The van der Waals surface area contributed by atoms with Crippen LogP contribution in [0.4, 0.5) is 14.5 Å². The van der Waals surface area contributed by atoms with Crippen molar-refractivity contribution in [2.75, 3.05) is 11.4 Å². The molecule has 0 saturated carbocycles. The maximum absolute atomic E-state index is 13.4. The highest BCUT2D eigenvalue weighted by atomic mass is 32.2. The number of thioether (sulfide) groups is 1. The summed E-state index contributed by atoms with van der Waals surface area (Å²) in [4.78, 5) is 3.53. The number of thiazole rings is 1. The Hall–Kier alpha value is -3.74. The van der Waals surface area contributed by atoms with Crippen LogP contribution in [0.15, 0.2) is 107 Å². The highest BCUT2D eigenvalue weighted by Crippen LogP contribution is 2.47. The van der Waals surface area contributed by atoms with Crippen molar-refractivity contribution in [3.05, 3.63) is 119 Å². The zero-order chi connectivity index (χ0) is 26.9. The average molecular weight is 554 g/mol. The quantitative estimate of drug-likeness (QED) is 0.193. The Morgan fingerprint density at radius 1 is 0.769 bits per heavy atom. The van der Waals surface area contributed by atoms with Gasteiger partial charge in [0.05, 0.1) is 10.7 Å². The molecular formula is C33H27F2N2S2+. The van der Waals surface area contributed by atoms with Crippen LogP contribution in [0, 0.1) is 11.6 Å². The molecule has 1 aromatic heterocycles. The Morgan fingerprint density at radius 2 is 1.38 bits per heavy atom. The number of aromatic nitrogens is 1. The van der Waals surface area contributed by atoms with Gasteiger partial charge in [0, 0.05) is 23.6 Å². The number of benzene rings is 4. The van der Waals surface area contributed by atoms with Crippen molar-refractivity contribution in [1.82, 2.24) is 0 Å². The van der Waals surface area contributed by atoms with Crippen molar-refractivity contribution < 1.29 is 13.3 Å². The number of allylic oxidation sites excluding steroid dienone is 2. The summed E-state index contributed by atoms with van der Waals surface area (Å²) in [5.41, 5.74) is 6.60. The molecule has 1 aliphatic rings. The molecule has 2 nitrogen and oxygen atoms in total. The molecule has 5 aromatic rings. The lowest BCUT2D eigenvalue weighted by atomic mass is 10.1. The molecule has 0 saturated heterocycles. The minimum Gasteiger partial charge on any atom is -0.335 e. The maximum Gasteiger partial charge on any atom is 0.262 e. The predicted molar refractivity (Wildman–Crippen MR) is 161 cm³/mol. The Bertz CT molecular complexity index is 1720. The van der Waals surface area contributed by atoms with Gasteiger partial charge in [-0.15, -0.1) is 0 Å². The first-order valence-corrected chi connectivity index (χ1v) is 14.6. The number of hydrogen-bond donors (Lipinski definition) is 0. The lowest BCUT2D eigenvalue weighted by Gasteiger charge is -2.17. The largest absolute Gasteiger partial charge is 0.335 e. The molecule has 2 heterocycles. The van der Waals surface area contributed by atoms with Crippen molar-refractivity contribution >= 4 is 45.1 Å². The highest BCUT2D eigenvalue weighted by molar-refractivity contribution is 8.03. The molecule has 39 heavy (non-hydrogen) atoms. The van der Waals surface area contributed by atoms with Gasteiger partial charge >= 0.3 is 0 Å². The fourth-order valence-electron chi connectivity index (χ4n) is 4.97. The highest BCUT2D eigenvalue weighted by Gasteiger charge is 2.24. The van der Waals surface area contributed by atoms with E-state index in [1.807, 2.05) is 24.3 Å². The normalized spacial score (nSPS) is 14.2. The fraction of sp³-hybridized carbons (Fsp3) is 0.121. The van der Waals surface area contributed by atoms with Gasteiger partial charge in [-0.05, 0) is 90.7 Å². The maximum atomic E-state index is 13.4. The van der Waals surface area contributed by atoms with Gasteiger partial charge < -0.3 is 4.90 Å². The van der Waals surface area contributed by atoms with Crippen LogP contribution in [0.25, 0.3) is 38.5 Å². The molecule has 0 atom stereocenters. The standard InChI is InChI=1S/C33H27F2N2S2/c1-3-36-28-18-12-24(22-8-14-26(34)15-9-22)20-30(28)38-32(36)6-5-7-33-37(4-2)29-19-13-25(21-31(29)39-33)23-10-16-27(35)17-11-23/h5-21H,3-4H2,1-2H3/q+1. The summed E-state index contributed by atoms with van der Waals surface area (Å²) < 4.78 is 30.3. The third-order valence-corrected chi connectivity index (χ3v) is 9.15. The molecule has 0 spiro atoms. The van der Waals surface area contributed by atoms with Gasteiger partial charge in [0.15, 0.2) is 0 Å². The number of anilines is 1. The molecule has 0 bridgehead atoms. The van der Waals surface area contributed by atoms with E-state index in [1.165, 1.54) is 55.1 Å². The number of aryl methyl sites for hydroxylation is 1. The van der Waals surface area contributed by atoms with Crippen LogP contribution in [-0.2, 0) is 6.54 Å². The van der Waals surface area contributed by atoms with Crippen molar-refractivity contribution in [3.8, 4) is 22.3 Å². The predicted octanol–water partition coefficient (Wildman–Crippen LogP) is 9.31. The van der Waals surface area contributed by atoms with E-state index < -0.39 is 0 Å². The van der Waals surface area contributed by atoms with E-state index >= 15 is 0 Å². The van der Waals surface area contributed by atoms with Crippen molar-refractivity contribution in [3.63, 3.8) is 0 Å². The van der Waals surface area contributed by atoms with E-state index in [0.29, 0.717) is 0 Å². The van der Waals surface area contributed by atoms with E-state index in [-0.39, 0.29) is 11.6 Å². The molecule has 0 unspecified atom stereocenters. The summed E-state index contributed by atoms with van der Waals surface area (Å²) in [7, 11) is 0. The summed E-state index contributed by atoms with van der Waals surface area (Å²) in [5, 5.41) is 2.37. The smallest absolute Gasteiger partial charge is 0.262 e. The first kappa shape index (κ1) is 25.5. The van der Waals surface area contributed by atoms with Crippen LogP contribution in [0.3, 0.4) is 0 Å². The monoisotopic (exact) mass is 553 g/mol. The summed E-state index contributed by atoms with van der Waals surface area (Å²) in [6.07, 6.45) is 6.50. The summed E-state index contributed by atoms with van der Waals surface area (Å²) in [6.45, 7) is 6.08. The molecule has 6 rings (SSSR count). The van der Waals surface area contributed by atoms with Gasteiger partial charge in [-0.2, -0.15) is 4.57 Å². The molecule has 0 N–H and O–H groups in total. The van der Waals surface area contributed by atoms with Crippen LogP contribution in [0.5, 0.6) is 0 Å². The van der Waals surface area contributed by atoms with Gasteiger partial charge in [-0.3, -0.25) is 0 Å². The first-order chi connectivity index (χ1) is 19.0. The van der Waals surface area contributed by atoms with Gasteiger partial charge in [0.25, 0.3) is 5.01 Å². The topological polar surface area (TPSA) is 7.12 Å². The molecule has 1 aliphatic heterocycles. The number of fused-ring (bicyclic) bond motifs is 2. The molecule has 4 aromatic carbocycles. The van der Waals surface area contributed by atoms with Crippen LogP contribution >= 0.6 is 23.1 Å². The molecular weight excluding hydrogens is 527 g/mol. The molecule has 6 heteroatoms. The lowest BCUT2D eigenvalue weighted by Crippen LogP contribution is -2.33. The summed E-state index contributed by atoms with van der Waals surface area (Å²) in [5.74, 6) is -0.445. The number of nitrogens with zero attached hydrogens (tertiary/aromatic N) is 2. The molecule has 0 fully saturated rings. The lowest BCUT2D eigenvalue weighted by molar-refractivity contribution is -0.665. The van der Waals surface area contributed by atoms with Gasteiger partial charge in [0.2, 0.25) is 5.52 Å². The van der Waals surface area contributed by atoms with E-state index in [1.54, 1.807) is 23.1 Å². The van der Waals surface area contributed by atoms with Gasteiger partial charge in [0.1, 0.15) is 22.9 Å². The average Bonchev–Trinajstić information content (AvgIpc) is 3.49. The Balaban J connectivity index is 1.27. The van der Waals surface area contributed by atoms with Crippen LogP contribution in [0.2, 0.25) is 0 Å². The van der Waals surface area contributed by atoms with Crippen molar-refractivity contribution in [1.29, 1.82) is 0 Å². The molecule has 0 radical (unpaired) electrons. The Labute approximate surface area is 235 Å². The minimum absolute atomic E-state index is 0.222. The van der Waals surface area contributed by atoms with Crippen LogP contribution in [-0.4, -0.2) is 6.54 Å². The third kappa shape index (κ3) is 5.02. The summed E-state index contributed by atoms with van der Waals surface area (Å²) >= 11 is 3.53.